The van der Waals surface area contributed by atoms with Crippen LogP contribution in [0.2, 0.25) is 0 Å². The minimum Gasteiger partial charge on any atom is -0.312 e. The lowest BCUT2D eigenvalue weighted by atomic mass is 9.99. The average Bonchev–Trinajstić information content (AvgIpc) is 2.57. The predicted octanol–water partition coefficient (Wildman–Crippen LogP) is 2.48. The van der Waals surface area contributed by atoms with Crippen LogP contribution in [0, 0.1) is 0 Å². The molecule has 0 saturated carbocycles. The molecule has 0 radical (unpaired) electrons. The smallest absolute Gasteiger partial charge is 0.157 e. The van der Waals surface area contributed by atoms with Crippen molar-refractivity contribution in [2.24, 2.45) is 0 Å². The van der Waals surface area contributed by atoms with E-state index >= 15 is 0 Å². The molecule has 2 unspecified atom stereocenters. The fourth-order valence-corrected chi connectivity index (χ4v) is 4.83. The lowest BCUT2D eigenvalue weighted by molar-refractivity contribution is 0.496. The SMILES string of the molecule is CNC1c2ccccc2CCCC1S(=O)(=O)C(C)C. The molecule has 1 N–H and O–H groups in total. The standard InChI is InChI=1S/C15H23NO2S/c1-11(2)19(17,18)14-10-6-8-12-7-4-5-9-13(12)15(14)16-3/h4-5,7,9,11,14-16H,6,8,10H2,1-3H3. The van der Waals surface area contributed by atoms with Gasteiger partial charge in [0.15, 0.2) is 9.84 Å². The first-order valence-corrected chi connectivity index (χ1v) is 8.57. The van der Waals surface area contributed by atoms with Crippen molar-refractivity contribution < 1.29 is 8.42 Å². The van der Waals surface area contributed by atoms with E-state index in [9.17, 15) is 8.42 Å². The second-order valence-electron chi connectivity index (χ2n) is 5.53. The van der Waals surface area contributed by atoms with Crippen LogP contribution in [0.5, 0.6) is 0 Å². The average molecular weight is 281 g/mol. The second kappa shape index (κ2) is 5.63. The van der Waals surface area contributed by atoms with E-state index in [0.717, 1.165) is 24.8 Å². The van der Waals surface area contributed by atoms with Gasteiger partial charge in [0.25, 0.3) is 0 Å². The number of fused-ring (bicyclic) bond motifs is 1. The summed E-state index contributed by atoms with van der Waals surface area (Å²) in [5.41, 5.74) is 2.43. The molecule has 0 spiro atoms. The summed E-state index contributed by atoms with van der Waals surface area (Å²) in [5.74, 6) is 0. The summed E-state index contributed by atoms with van der Waals surface area (Å²) < 4.78 is 25.2. The molecule has 1 aliphatic carbocycles. The fourth-order valence-electron chi connectivity index (χ4n) is 2.97. The van der Waals surface area contributed by atoms with Crippen molar-refractivity contribution in [1.29, 1.82) is 0 Å². The number of aryl methyl sites for hydroxylation is 1. The zero-order chi connectivity index (χ0) is 14.0. The zero-order valence-corrected chi connectivity index (χ0v) is 12.7. The summed E-state index contributed by atoms with van der Waals surface area (Å²) in [6.07, 6.45) is 2.64. The molecule has 1 aromatic rings. The Hall–Kier alpha value is -0.870. The number of sulfone groups is 1. The van der Waals surface area contributed by atoms with Crippen LogP contribution in [0.3, 0.4) is 0 Å². The monoisotopic (exact) mass is 281 g/mol. The van der Waals surface area contributed by atoms with Crippen LogP contribution >= 0.6 is 0 Å². The minimum atomic E-state index is -3.09. The van der Waals surface area contributed by atoms with Gasteiger partial charge in [0.1, 0.15) is 0 Å². The molecule has 19 heavy (non-hydrogen) atoms. The van der Waals surface area contributed by atoms with Crippen LogP contribution in [0.15, 0.2) is 24.3 Å². The van der Waals surface area contributed by atoms with Crippen molar-refractivity contribution in [3.05, 3.63) is 35.4 Å². The van der Waals surface area contributed by atoms with Crippen molar-refractivity contribution in [2.75, 3.05) is 7.05 Å². The number of benzene rings is 1. The highest BCUT2D eigenvalue weighted by Gasteiger charge is 2.37. The molecule has 0 saturated heterocycles. The first-order chi connectivity index (χ1) is 8.98. The summed E-state index contributed by atoms with van der Waals surface area (Å²) in [4.78, 5) is 0. The Labute approximate surface area is 116 Å². The van der Waals surface area contributed by atoms with Crippen molar-refractivity contribution >= 4 is 9.84 Å². The molecule has 0 bridgehead atoms. The largest absolute Gasteiger partial charge is 0.312 e. The first-order valence-electron chi connectivity index (χ1n) is 6.96. The molecule has 0 aromatic heterocycles. The topological polar surface area (TPSA) is 46.2 Å². The Morgan fingerprint density at radius 1 is 1.26 bits per heavy atom. The first kappa shape index (κ1) is 14.5. The normalized spacial score (nSPS) is 24.0. The Bertz CT molecular complexity index is 537. The third-order valence-corrected chi connectivity index (χ3v) is 6.75. The number of rotatable bonds is 3. The van der Waals surface area contributed by atoms with Gasteiger partial charge in [-0.05, 0) is 51.3 Å². The van der Waals surface area contributed by atoms with Gasteiger partial charge in [-0.25, -0.2) is 8.42 Å². The molecular weight excluding hydrogens is 258 g/mol. The Morgan fingerprint density at radius 2 is 1.95 bits per heavy atom. The maximum absolute atomic E-state index is 12.6. The maximum Gasteiger partial charge on any atom is 0.157 e. The molecule has 2 rings (SSSR count). The Balaban J connectivity index is 2.48. The van der Waals surface area contributed by atoms with Gasteiger partial charge in [0.05, 0.1) is 10.5 Å². The number of nitrogens with one attached hydrogen (secondary N) is 1. The van der Waals surface area contributed by atoms with E-state index in [4.69, 9.17) is 0 Å². The summed E-state index contributed by atoms with van der Waals surface area (Å²) in [6, 6.07) is 8.11. The Morgan fingerprint density at radius 3 is 2.58 bits per heavy atom. The van der Waals surface area contributed by atoms with Crippen LogP contribution < -0.4 is 5.32 Å². The van der Waals surface area contributed by atoms with Gasteiger partial charge in [-0.3, -0.25) is 0 Å². The highest BCUT2D eigenvalue weighted by Crippen LogP contribution is 2.34. The number of hydrogen-bond acceptors (Lipinski definition) is 3. The highest BCUT2D eigenvalue weighted by atomic mass is 32.2. The van der Waals surface area contributed by atoms with E-state index in [1.165, 1.54) is 5.56 Å². The Kier molecular flexibility index (Phi) is 4.31. The van der Waals surface area contributed by atoms with E-state index < -0.39 is 9.84 Å². The summed E-state index contributed by atoms with van der Waals surface area (Å²) in [6.45, 7) is 3.55. The van der Waals surface area contributed by atoms with Crippen LogP contribution in [0.4, 0.5) is 0 Å². The molecule has 0 heterocycles. The molecule has 0 amide bonds. The molecule has 1 aliphatic rings. The lowest BCUT2D eigenvalue weighted by Gasteiger charge is -2.27. The third kappa shape index (κ3) is 2.70. The molecule has 4 heteroatoms. The van der Waals surface area contributed by atoms with Gasteiger partial charge < -0.3 is 5.32 Å². The van der Waals surface area contributed by atoms with Crippen molar-refractivity contribution in [3.8, 4) is 0 Å². The summed E-state index contributed by atoms with van der Waals surface area (Å²) >= 11 is 0. The molecule has 0 aliphatic heterocycles. The highest BCUT2D eigenvalue weighted by molar-refractivity contribution is 7.92. The van der Waals surface area contributed by atoms with Gasteiger partial charge in [-0.2, -0.15) is 0 Å². The predicted molar refractivity (Wildman–Crippen MR) is 79.0 cm³/mol. The number of hydrogen-bond donors (Lipinski definition) is 1. The van der Waals surface area contributed by atoms with Crippen LogP contribution in [-0.2, 0) is 16.3 Å². The lowest BCUT2D eigenvalue weighted by Crippen LogP contribution is -2.38. The quantitative estimate of drug-likeness (QED) is 0.866. The van der Waals surface area contributed by atoms with Gasteiger partial charge in [0.2, 0.25) is 0 Å². The van der Waals surface area contributed by atoms with Gasteiger partial charge >= 0.3 is 0 Å². The van der Waals surface area contributed by atoms with Crippen molar-refractivity contribution in [1.82, 2.24) is 5.32 Å². The van der Waals surface area contributed by atoms with Gasteiger partial charge in [-0.15, -0.1) is 0 Å². The van der Waals surface area contributed by atoms with Crippen molar-refractivity contribution in [3.63, 3.8) is 0 Å². The van der Waals surface area contributed by atoms with Crippen LogP contribution in [0.1, 0.15) is 43.9 Å². The van der Waals surface area contributed by atoms with Crippen molar-refractivity contribution in [2.45, 2.75) is 49.7 Å². The molecule has 0 fully saturated rings. The summed E-state index contributed by atoms with van der Waals surface area (Å²) in [7, 11) is -1.23. The van der Waals surface area contributed by atoms with E-state index in [1.54, 1.807) is 13.8 Å². The molecular formula is C15H23NO2S. The fraction of sp³-hybridized carbons (Fsp3) is 0.600. The molecule has 1 aromatic carbocycles. The van der Waals surface area contributed by atoms with E-state index in [1.807, 2.05) is 19.2 Å². The van der Waals surface area contributed by atoms with Gasteiger partial charge in [-0.1, -0.05) is 24.3 Å². The maximum atomic E-state index is 12.6. The van der Waals surface area contributed by atoms with Crippen LogP contribution in [-0.4, -0.2) is 26.0 Å². The van der Waals surface area contributed by atoms with Crippen LogP contribution in [0.25, 0.3) is 0 Å². The minimum absolute atomic E-state index is 0.0916. The molecule has 2 atom stereocenters. The molecule has 3 nitrogen and oxygen atoms in total. The second-order valence-corrected chi connectivity index (χ2v) is 8.26. The third-order valence-electron chi connectivity index (χ3n) is 4.09. The van der Waals surface area contributed by atoms with E-state index in [0.29, 0.717) is 0 Å². The van der Waals surface area contributed by atoms with E-state index in [2.05, 4.69) is 17.4 Å². The summed E-state index contributed by atoms with van der Waals surface area (Å²) in [5, 5.41) is 2.59. The van der Waals surface area contributed by atoms with Gasteiger partial charge in [0, 0.05) is 6.04 Å². The molecule has 106 valence electrons. The zero-order valence-electron chi connectivity index (χ0n) is 11.9. The van der Waals surface area contributed by atoms with E-state index in [-0.39, 0.29) is 16.5 Å².